The molecular weight excluding hydrogens is 281 g/mol. The zero-order chi connectivity index (χ0) is 14.6. The van der Waals surface area contributed by atoms with Crippen molar-refractivity contribution in [2.75, 3.05) is 5.09 Å². The summed E-state index contributed by atoms with van der Waals surface area (Å²) in [4.78, 5) is 0. The van der Waals surface area contributed by atoms with Crippen LogP contribution in [-0.2, 0) is 15.4 Å². The fourth-order valence-corrected chi connectivity index (χ4v) is 3.50. The first-order chi connectivity index (χ1) is 8.40. The lowest BCUT2D eigenvalue weighted by Gasteiger charge is -2.26. The second-order valence-corrected chi connectivity index (χ2v) is 9.78. The first-order valence-electron chi connectivity index (χ1n) is 6.37. The van der Waals surface area contributed by atoms with Gasteiger partial charge in [-0.2, -0.15) is 0 Å². The summed E-state index contributed by atoms with van der Waals surface area (Å²) in [7, 11) is 0. The standard InChI is InChI=1S/C14H21ClNO2P/c1-13(2,3)9-7-10(14(4,5)6)12-11(8-9)16-19(15,17)18-12/h7-8H,1-6H3,(H,16,17). The lowest BCUT2D eigenvalue weighted by atomic mass is 9.80. The topological polar surface area (TPSA) is 38.3 Å². The minimum atomic E-state index is -3.27. The van der Waals surface area contributed by atoms with Crippen molar-refractivity contribution < 1.29 is 9.09 Å². The Labute approximate surface area is 120 Å². The van der Waals surface area contributed by atoms with Gasteiger partial charge in [0, 0.05) is 16.8 Å². The third kappa shape index (κ3) is 2.93. The molecule has 19 heavy (non-hydrogen) atoms. The van der Waals surface area contributed by atoms with E-state index in [-0.39, 0.29) is 10.8 Å². The molecule has 0 spiro atoms. The zero-order valence-electron chi connectivity index (χ0n) is 12.3. The molecule has 1 aromatic rings. The quantitative estimate of drug-likeness (QED) is 0.649. The summed E-state index contributed by atoms with van der Waals surface area (Å²) in [6, 6.07) is 4.11. The van der Waals surface area contributed by atoms with E-state index in [0.717, 1.165) is 11.3 Å². The van der Waals surface area contributed by atoms with Gasteiger partial charge in [-0.15, -0.1) is 0 Å². The molecule has 1 aliphatic rings. The van der Waals surface area contributed by atoms with Crippen molar-refractivity contribution in [2.24, 2.45) is 0 Å². The Kier molecular flexibility index (Phi) is 3.23. The van der Waals surface area contributed by atoms with E-state index in [2.05, 4.69) is 52.7 Å². The van der Waals surface area contributed by atoms with Gasteiger partial charge in [0.15, 0.2) is 5.75 Å². The Hall–Kier alpha value is -0.660. The number of benzene rings is 1. The number of hydrogen-bond donors (Lipinski definition) is 1. The van der Waals surface area contributed by atoms with E-state index in [1.54, 1.807) is 0 Å². The van der Waals surface area contributed by atoms with Crippen LogP contribution in [0.2, 0.25) is 0 Å². The first kappa shape index (κ1) is 14.7. The lowest BCUT2D eigenvalue weighted by Crippen LogP contribution is -2.16. The largest absolute Gasteiger partial charge is 0.435 e. The molecule has 0 fully saturated rings. The van der Waals surface area contributed by atoms with Crippen LogP contribution in [0.4, 0.5) is 5.69 Å². The molecule has 0 saturated heterocycles. The van der Waals surface area contributed by atoms with Gasteiger partial charge in [0.2, 0.25) is 0 Å². The molecule has 1 N–H and O–H groups in total. The maximum Gasteiger partial charge on any atom is 0.435 e. The highest BCUT2D eigenvalue weighted by atomic mass is 35.7. The molecule has 2 rings (SSSR count). The molecule has 1 atom stereocenters. The van der Waals surface area contributed by atoms with Gasteiger partial charge in [-0.05, 0) is 22.5 Å². The number of halogens is 1. The molecular formula is C14H21ClNO2P. The molecule has 0 amide bonds. The summed E-state index contributed by atoms with van der Waals surface area (Å²) in [5.41, 5.74) is 2.84. The van der Waals surface area contributed by atoms with Crippen LogP contribution in [0.25, 0.3) is 0 Å². The van der Waals surface area contributed by atoms with E-state index in [1.165, 1.54) is 5.56 Å². The highest BCUT2D eigenvalue weighted by molar-refractivity contribution is 7.87. The van der Waals surface area contributed by atoms with Crippen molar-refractivity contribution >= 4 is 23.8 Å². The molecule has 1 aromatic carbocycles. The Morgan fingerprint density at radius 2 is 1.68 bits per heavy atom. The van der Waals surface area contributed by atoms with E-state index in [0.29, 0.717) is 5.75 Å². The summed E-state index contributed by atoms with van der Waals surface area (Å²) >= 11 is 5.84. The van der Waals surface area contributed by atoms with Crippen LogP contribution in [0.3, 0.4) is 0 Å². The molecule has 106 valence electrons. The summed E-state index contributed by atoms with van der Waals surface area (Å²) < 4.78 is 17.4. The summed E-state index contributed by atoms with van der Waals surface area (Å²) in [5, 5.41) is 2.80. The van der Waals surface area contributed by atoms with E-state index in [1.807, 2.05) is 6.07 Å². The van der Waals surface area contributed by atoms with Gasteiger partial charge < -0.3 is 4.52 Å². The smallest absolute Gasteiger partial charge is 0.416 e. The van der Waals surface area contributed by atoms with Crippen molar-refractivity contribution in [3.8, 4) is 5.75 Å². The SMILES string of the molecule is CC(C)(C)c1cc2c(c(C(C)(C)C)c1)OP(=O)(Cl)N2. The van der Waals surface area contributed by atoms with Crippen LogP contribution in [0.1, 0.15) is 52.7 Å². The fourth-order valence-electron chi connectivity index (χ4n) is 2.08. The molecule has 0 bridgehead atoms. The monoisotopic (exact) mass is 301 g/mol. The fraction of sp³-hybridized carbons (Fsp3) is 0.571. The summed E-state index contributed by atoms with van der Waals surface area (Å²) in [6.45, 7) is 9.50. The Morgan fingerprint density at radius 1 is 1.11 bits per heavy atom. The maximum atomic E-state index is 11.9. The average molecular weight is 302 g/mol. The molecule has 3 nitrogen and oxygen atoms in total. The third-order valence-electron chi connectivity index (χ3n) is 3.23. The highest BCUT2D eigenvalue weighted by Crippen LogP contribution is 2.62. The molecule has 0 saturated carbocycles. The number of nitrogens with one attached hydrogen (secondary N) is 1. The summed E-state index contributed by atoms with van der Waals surface area (Å²) in [5.74, 6) is 0.624. The normalized spacial score (nSPS) is 22.7. The predicted molar refractivity (Wildman–Crippen MR) is 81.6 cm³/mol. The van der Waals surface area contributed by atoms with Crippen LogP contribution >= 0.6 is 18.1 Å². The van der Waals surface area contributed by atoms with Crippen LogP contribution in [0, 0.1) is 0 Å². The van der Waals surface area contributed by atoms with Crippen molar-refractivity contribution in [3.63, 3.8) is 0 Å². The van der Waals surface area contributed by atoms with Crippen molar-refractivity contribution in [1.29, 1.82) is 0 Å². The third-order valence-corrected chi connectivity index (χ3v) is 4.61. The average Bonchev–Trinajstić information content (AvgIpc) is 2.46. The molecule has 0 aromatic heterocycles. The molecule has 5 heteroatoms. The second-order valence-electron chi connectivity index (χ2n) is 7.08. The van der Waals surface area contributed by atoms with E-state index in [4.69, 9.17) is 15.8 Å². The van der Waals surface area contributed by atoms with Gasteiger partial charge in [0.1, 0.15) is 0 Å². The highest BCUT2D eigenvalue weighted by Gasteiger charge is 2.36. The van der Waals surface area contributed by atoms with Crippen LogP contribution < -0.4 is 9.61 Å². The van der Waals surface area contributed by atoms with Gasteiger partial charge in [-0.25, -0.2) is 4.57 Å². The van der Waals surface area contributed by atoms with Crippen LogP contribution in [-0.4, -0.2) is 0 Å². The van der Waals surface area contributed by atoms with Crippen molar-refractivity contribution in [2.45, 2.75) is 52.4 Å². The van der Waals surface area contributed by atoms with Gasteiger partial charge in [0.25, 0.3) is 0 Å². The number of fused-ring (bicyclic) bond motifs is 1. The molecule has 0 aliphatic carbocycles. The zero-order valence-corrected chi connectivity index (χ0v) is 13.9. The van der Waals surface area contributed by atoms with Crippen molar-refractivity contribution in [3.05, 3.63) is 23.3 Å². The molecule has 1 heterocycles. The number of rotatable bonds is 0. The number of hydrogen-bond acceptors (Lipinski definition) is 2. The second kappa shape index (κ2) is 4.17. The molecule has 0 radical (unpaired) electrons. The molecule has 1 unspecified atom stereocenters. The Balaban J connectivity index is 2.68. The predicted octanol–water partition coefficient (Wildman–Crippen LogP) is 5.43. The van der Waals surface area contributed by atoms with Gasteiger partial charge in [0.05, 0.1) is 5.69 Å². The maximum absolute atomic E-state index is 11.9. The summed E-state index contributed by atoms with van der Waals surface area (Å²) in [6.07, 6.45) is 0. The minimum Gasteiger partial charge on any atom is -0.416 e. The van der Waals surface area contributed by atoms with Crippen molar-refractivity contribution in [1.82, 2.24) is 0 Å². The first-order valence-corrected chi connectivity index (χ1v) is 8.90. The lowest BCUT2D eigenvalue weighted by molar-refractivity contribution is 0.494. The van der Waals surface area contributed by atoms with E-state index >= 15 is 0 Å². The van der Waals surface area contributed by atoms with Gasteiger partial charge in [-0.3, -0.25) is 5.09 Å². The molecule has 1 aliphatic heterocycles. The van der Waals surface area contributed by atoms with Crippen LogP contribution in [0.15, 0.2) is 12.1 Å². The van der Waals surface area contributed by atoms with Gasteiger partial charge in [-0.1, -0.05) is 47.6 Å². The number of anilines is 1. The van der Waals surface area contributed by atoms with Gasteiger partial charge >= 0.3 is 6.87 Å². The van der Waals surface area contributed by atoms with E-state index < -0.39 is 6.87 Å². The van der Waals surface area contributed by atoms with Crippen LogP contribution in [0.5, 0.6) is 5.75 Å². The Bertz CT molecular complexity index is 570. The minimum absolute atomic E-state index is 0.00953. The Morgan fingerprint density at radius 3 is 2.16 bits per heavy atom. The van der Waals surface area contributed by atoms with E-state index in [9.17, 15) is 4.57 Å².